The van der Waals surface area contributed by atoms with Crippen LogP contribution in [0.15, 0.2) is 30.3 Å². The Labute approximate surface area is 112 Å². The molecule has 1 aliphatic rings. The van der Waals surface area contributed by atoms with Crippen molar-refractivity contribution in [2.24, 2.45) is 5.92 Å². The lowest BCUT2D eigenvalue weighted by molar-refractivity contribution is -0.115. The molecule has 2 rings (SSSR count). The number of carbonyl (C=O) groups is 1. The van der Waals surface area contributed by atoms with Gasteiger partial charge in [-0.3, -0.25) is 4.79 Å². The summed E-state index contributed by atoms with van der Waals surface area (Å²) in [5.41, 5.74) is 0.827. The molecule has 1 nitrogen and oxygen atoms in total. The van der Waals surface area contributed by atoms with Gasteiger partial charge >= 0.3 is 0 Å². The van der Waals surface area contributed by atoms with Crippen LogP contribution < -0.4 is 0 Å². The Morgan fingerprint density at radius 2 is 1.71 bits per heavy atom. The highest BCUT2D eigenvalue weighted by atomic mass is 35.5. The molecular weight excluding hydrogens is 255 g/mol. The topological polar surface area (TPSA) is 17.1 Å². The Bertz CT molecular complexity index is 384. The van der Waals surface area contributed by atoms with Gasteiger partial charge in [0.05, 0.1) is 0 Å². The summed E-state index contributed by atoms with van der Waals surface area (Å²) in [7, 11) is 0. The number of hydrogen-bond acceptors (Lipinski definition) is 1. The molecule has 3 heteroatoms. The van der Waals surface area contributed by atoms with Gasteiger partial charge in [-0.25, -0.2) is 0 Å². The van der Waals surface area contributed by atoms with Crippen molar-refractivity contribution in [3.8, 4) is 0 Å². The number of carbonyl (C=O) groups excluding carboxylic acids is 1. The van der Waals surface area contributed by atoms with E-state index in [-0.39, 0.29) is 5.92 Å². The summed E-state index contributed by atoms with van der Waals surface area (Å²) in [5.74, 6) is 0.158. The fourth-order valence-electron chi connectivity index (χ4n) is 2.69. The van der Waals surface area contributed by atoms with Crippen LogP contribution in [0.1, 0.15) is 37.7 Å². The molecule has 1 atom stereocenters. The molecule has 1 fully saturated rings. The van der Waals surface area contributed by atoms with Gasteiger partial charge in [0.2, 0.25) is 5.24 Å². The Kier molecular flexibility index (Phi) is 4.11. The first-order chi connectivity index (χ1) is 8.15. The maximum absolute atomic E-state index is 11.8. The average Bonchev–Trinajstić information content (AvgIpc) is 2.39. The fourth-order valence-corrected chi connectivity index (χ4v) is 3.30. The smallest absolute Gasteiger partial charge is 0.247 e. The van der Waals surface area contributed by atoms with Crippen LogP contribution in [0.4, 0.5) is 0 Å². The molecule has 0 spiro atoms. The van der Waals surface area contributed by atoms with E-state index in [2.05, 4.69) is 0 Å². The van der Waals surface area contributed by atoms with Crippen molar-refractivity contribution in [2.45, 2.75) is 37.0 Å². The summed E-state index contributed by atoms with van der Waals surface area (Å²) in [6.07, 6.45) is 5.47. The lowest BCUT2D eigenvalue weighted by Crippen LogP contribution is -2.36. The first-order valence-corrected chi connectivity index (χ1v) is 6.85. The molecule has 0 amide bonds. The summed E-state index contributed by atoms with van der Waals surface area (Å²) in [5, 5.41) is -0.447. The Balaban J connectivity index is 2.35. The van der Waals surface area contributed by atoms with Crippen LogP contribution in [0.2, 0.25) is 0 Å². The molecule has 1 aliphatic carbocycles. The standard InChI is InChI=1S/C14H16Cl2O/c15-13(17)14(16,11-7-3-1-4-8-11)12-9-5-2-6-10-12/h1,3-4,7-8,12H,2,5-6,9-10H2. The maximum Gasteiger partial charge on any atom is 0.247 e. The number of hydrogen-bond donors (Lipinski definition) is 0. The van der Waals surface area contributed by atoms with Crippen molar-refractivity contribution < 1.29 is 4.79 Å². The third-order valence-electron chi connectivity index (χ3n) is 3.65. The Morgan fingerprint density at radius 1 is 1.12 bits per heavy atom. The van der Waals surface area contributed by atoms with E-state index in [0.717, 1.165) is 31.2 Å². The zero-order chi connectivity index (χ0) is 12.3. The third kappa shape index (κ3) is 2.51. The van der Waals surface area contributed by atoms with Crippen LogP contribution in [0.25, 0.3) is 0 Å². The van der Waals surface area contributed by atoms with Gasteiger partial charge in [-0.05, 0) is 35.9 Å². The summed E-state index contributed by atoms with van der Waals surface area (Å²) < 4.78 is 0. The van der Waals surface area contributed by atoms with Gasteiger partial charge in [0.25, 0.3) is 0 Å². The van der Waals surface area contributed by atoms with Gasteiger partial charge in [-0.1, -0.05) is 49.6 Å². The lowest BCUT2D eigenvalue weighted by Gasteiger charge is -2.35. The molecular formula is C14H16Cl2O. The fraction of sp³-hybridized carbons (Fsp3) is 0.500. The average molecular weight is 271 g/mol. The van der Waals surface area contributed by atoms with Gasteiger partial charge in [-0.2, -0.15) is 0 Å². The quantitative estimate of drug-likeness (QED) is 0.585. The van der Waals surface area contributed by atoms with Gasteiger partial charge in [0.1, 0.15) is 4.87 Å². The van der Waals surface area contributed by atoms with Gasteiger partial charge in [-0.15, -0.1) is 11.6 Å². The van der Waals surface area contributed by atoms with Crippen molar-refractivity contribution in [3.05, 3.63) is 35.9 Å². The molecule has 0 bridgehead atoms. The minimum absolute atomic E-state index is 0.158. The van der Waals surface area contributed by atoms with Crippen LogP contribution >= 0.6 is 23.2 Å². The minimum atomic E-state index is -1.04. The molecule has 0 aliphatic heterocycles. The van der Waals surface area contributed by atoms with Crippen LogP contribution in [0, 0.1) is 5.92 Å². The monoisotopic (exact) mass is 270 g/mol. The van der Waals surface area contributed by atoms with E-state index in [9.17, 15) is 4.79 Å². The van der Waals surface area contributed by atoms with Gasteiger partial charge < -0.3 is 0 Å². The number of alkyl halides is 1. The van der Waals surface area contributed by atoms with E-state index in [0.29, 0.717) is 0 Å². The van der Waals surface area contributed by atoms with Crippen molar-refractivity contribution in [1.82, 2.24) is 0 Å². The first-order valence-electron chi connectivity index (χ1n) is 6.10. The summed E-state index contributed by atoms with van der Waals surface area (Å²) in [6, 6.07) is 9.49. The zero-order valence-electron chi connectivity index (χ0n) is 9.66. The van der Waals surface area contributed by atoms with Crippen LogP contribution in [-0.2, 0) is 9.67 Å². The summed E-state index contributed by atoms with van der Waals surface area (Å²) >= 11 is 12.4. The minimum Gasteiger partial charge on any atom is -0.279 e. The van der Waals surface area contributed by atoms with E-state index in [1.165, 1.54) is 6.42 Å². The zero-order valence-corrected chi connectivity index (χ0v) is 11.2. The highest BCUT2D eigenvalue weighted by molar-refractivity contribution is 6.70. The van der Waals surface area contributed by atoms with E-state index in [4.69, 9.17) is 23.2 Å². The molecule has 1 aromatic carbocycles. The van der Waals surface area contributed by atoms with E-state index >= 15 is 0 Å². The van der Waals surface area contributed by atoms with Crippen molar-refractivity contribution >= 4 is 28.4 Å². The number of halogens is 2. The molecule has 0 saturated heterocycles. The SMILES string of the molecule is O=C(Cl)C(Cl)(c1ccccc1)C1CCCCC1. The van der Waals surface area contributed by atoms with Crippen molar-refractivity contribution in [3.63, 3.8) is 0 Å². The van der Waals surface area contributed by atoms with Gasteiger partial charge in [0.15, 0.2) is 0 Å². The molecule has 0 N–H and O–H groups in total. The van der Waals surface area contributed by atoms with Crippen LogP contribution in [-0.4, -0.2) is 5.24 Å². The molecule has 1 unspecified atom stereocenters. The Morgan fingerprint density at radius 3 is 2.24 bits per heavy atom. The molecule has 1 saturated carbocycles. The maximum atomic E-state index is 11.8. The highest BCUT2D eigenvalue weighted by Gasteiger charge is 2.44. The number of benzene rings is 1. The molecule has 0 heterocycles. The van der Waals surface area contributed by atoms with Gasteiger partial charge in [0, 0.05) is 0 Å². The molecule has 0 radical (unpaired) electrons. The van der Waals surface area contributed by atoms with Crippen LogP contribution in [0.3, 0.4) is 0 Å². The summed E-state index contributed by atoms with van der Waals surface area (Å²) in [4.78, 5) is 10.8. The van der Waals surface area contributed by atoms with Crippen molar-refractivity contribution in [2.75, 3.05) is 0 Å². The normalized spacial score (nSPS) is 20.8. The van der Waals surface area contributed by atoms with E-state index < -0.39 is 10.1 Å². The highest BCUT2D eigenvalue weighted by Crippen LogP contribution is 2.45. The molecule has 0 aromatic heterocycles. The van der Waals surface area contributed by atoms with Crippen LogP contribution in [0.5, 0.6) is 0 Å². The number of rotatable bonds is 3. The molecule has 92 valence electrons. The second-order valence-electron chi connectivity index (χ2n) is 4.69. The predicted octanol–water partition coefficient (Wildman–Crippen LogP) is 4.47. The predicted molar refractivity (Wildman–Crippen MR) is 71.4 cm³/mol. The summed E-state index contributed by atoms with van der Waals surface area (Å²) in [6.45, 7) is 0. The Hall–Kier alpha value is -0.530. The first kappa shape index (κ1) is 12.9. The largest absolute Gasteiger partial charge is 0.279 e. The van der Waals surface area contributed by atoms with Crippen molar-refractivity contribution in [1.29, 1.82) is 0 Å². The molecule has 17 heavy (non-hydrogen) atoms. The van der Waals surface area contributed by atoms with E-state index in [1.807, 2.05) is 30.3 Å². The lowest BCUT2D eigenvalue weighted by atomic mass is 9.76. The second-order valence-corrected chi connectivity index (χ2v) is 5.63. The van der Waals surface area contributed by atoms with E-state index in [1.54, 1.807) is 0 Å². The third-order valence-corrected chi connectivity index (χ3v) is 4.74. The second kappa shape index (κ2) is 5.41. The molecule has 1 aromatic rings.